The molecule has 4 rings (SSSR count). The fraction of sp³-hybridized carbons (Fsp3) is 0.241. The molecule has 1 unspecified atom stereocenters. The molecule has 1 aliphatic rings. The Morgan fingerprint density at radius 2 is 1.77 bits per heavy atom. The second-order valence-electron chi connectivity index (χ2n) is 8.76. The van der Waals surface area contributed by atoms with Gasteiger partial charge in [0.05, 0.1) is 32.6 Å². The second-order valence-corrected chi connectivity index (χ2v) is 9.74. The number of ketones is 1. The summed E-state index contributed by atoms with van der Waals surface area (Å²) >= 11 is 0.900. The highest BCUT2D eigenvalue weighted by molar-refractivity contribution is 7.17. The monoisotopic (exact) mass is 564 g/mol. The van der Waals surface area contributed by atoms with Crippen molar-refractivity contribution in [1.29, 1.82) is 0 Å². The number of amides is 1. The van der Waals surface area contributed by atoms with Gasteiger partial charge < -0.3 is 24.1 Å². The first kappa shape index (κ1) is 28.4. The number of aryl methyl sites for hydroxylation is 2. The van der Waals surface area contributed by atoms with Gasteiger partial charge in [-0.05, 0) is 55.8 Å². The predicted octanol–water partition coefficient (Wildman–Crippen LogP) is 4.75. The molecule has 40 heavy (non-hydrogen) atoms. The van der Waals surface area contributed by atoms with Crippen LogP contribution in [0, 0.1) is 13.8 Å². The first-order valence-corrected chi connectivity index (χ1v) is 12.9. The molecule has 208 valence electrons. The van der Waals surface area contributed by atoms with Crippen molar-refractivity contribution in [2.45, 2.75) is 19.9 Å². The number of Topliss-reactive ketones (excluding diaryl/α,β-unsaturated/α-hetero) is 1. The largest absolute Gasteiger partial charge is 0.507 e. The topological polar surface area (TPSA) is 124 Å². The molecule has 2 aromatic carbocycles. The van der Waals surface area contributed by atoms with Crippen LogP contribution in [0.3, 0.4) is 0 Å². The molecule has 2 heterocycles. The summed E-state index contributed by atoms with van der Waals surface area (Å²) in [5.41, 5.74) is 1.54. The van der Waals surface area contributed by atoms with Crippen LogP contribution >= 0.6 is 11.3 Å². The molecular formula is C29H28N2O8S. The standard InChI is InChI=1S/C29H28N2O8S/c1-7-12-39-28(35)26-16(3)30-29(40-26)31-23(19-14-18(36-4)9-11-21(19)38-6)22(25(33)27(31)34)24(32)17-8-10-20(37-5)15(2)13-17/h7-11,13-14,23,32H,1,12H2,2-6H3. The number of rotatable bonds is 9. The van der Waals surface area contributed by atoms with Crippen molar-refractivity contribution in [2.75, 3.05) is 32.8 Å². The number of aromatic nitrogens is 1. The van der Waals surface area contributed by atoms with E-state index in [4.69, 9.17) is 18.9 Å². The highest BCUT2D eigenvalue weighted by Crippen LogP contribution is 2.47. The number of benzene rings is 2. The summed E-state index contributed by atoms with van der Waals surface area (Å²) in [6.45, 7) is 6.93. The lowest BCUT2D eigenvalue weighted by Gasteiger charge is -2.25. The van der Waals surface area contributed by atoms with Crippen LogP contribution in [-0.4, -0.2) is 55.7 Å². The van der Waals surface area contributed by atoms with Gasteiger partial charge in [0.15, 0.2) is 5.13 Å². The van der Waals surface area contributed by atoms with E-state index in [2.05, 4.69) is 11.6 Å². The van der Waals surface area contributed by atoms with Crippen molar-refractivity contribution in [3.05, 3.63) is 81.9 Å². The van der Waals surface area contributed by atoms with Crippen molar-refractivity contribution >= 4 is 39.9 Å². The Kier molecular flexibility index (Phi) is 8.24. The van der Waals surface area contributed by atoms with E-state index in [0.717, 1.165) is 21.8 Å². The van der Waals surface area contributed by atoms with Crippen LogP contribution in [0.4, 0.5) is 5.13 Å². The van der Waals surface area contributed by atoms with E-state index in [1.807, 2.05) is 0 Å². The zero-order valence-electron chi connectivity index (χ0n) is 22.6. The number of aliphatic hydroxyl groups is 1. The Bertz CT molecular complexity index is 1540. The zero-order valence-corrected chi connectivity index (χ0v) is 23.5. The molecule has 11 heteroatoms. The third-order valence-electron chi connectivity index (χ3n) is 6.35. The van der Waals surface area contributed by atoms with E-state index in [1.54, 1.807) is 50.2 Å². The number of carbonyl (C=O) groups is 3. The number of hydrogen-bond donors (Lipinski definition) is 1. The summed E-state index contributed by atoms with van der Waals surface area (Å²) < 4.78 is 21.5. The van der Waals surface area contributed by atoms with E-state index in [0.29, 0.717) is 34.1 Å². The van der Waals surface area contributed by atoms with Gasteiger partial charge in [-0.15, -0.1) is 0 Å². The molecule has 1 atom stereocenters. The van der Waals surface area contributed by atoms with Gasteiger partial charge in [0.2, 0.25) is 0 Å². The van der Waals surface area contributed by atoms with Gasteiger partial charge in [-0.1, -0.05) is 24.0 Å². The van der Waals surface area contributed by atoms with Crippen LogP contribution in [0.15, 0.2) is 54.6 Å². The van der Waals surface area contributed by atoms with Gasteiger partial charge in [-0.3, -0.25) is 14.5 Å². The highest BCUT2D eigenvalue weighted by atomic mass is 32.1. The van der Waals surface area contributed by atoms with Gasteiger partial charge in [0.1, 0.15) is 40.5 Å². The molecule has 1 N–H and O–H groups in total. The van der Waals surface area contributed by atoms with Crippen molar-refractivity contribution in [1.82, 2.24) is 4.98 Å². The second kappa shape index (κ2) is 11.6. The number of aliphatic hydroxyl groups excluding tert-OH is 1. The maximum absolute atomic E-state index is 13.6. The molecule has 10 nitrogen and oxygen atoms in total. The van der Waals surface area contributed by atoms with E-state index in [1.165, 1.54) is 27.4 Å². The van der Waals surface area contributed by atoms with Crippen molar-refractivity contribution in [3.8, 4) is 17.2 Å². The number of methoxy groups -OCH3 is 3. The molecule has 1 saturated heterocycles. The number of esters is 1. The third-order valence-corrected chi connectivity index (χ3v) is 7.49. The lowest BCUT2D eigenvalue weighted by Crippen LogP contribution is -2.29. The summed E-state index contributed by atoms with van der Waals surface area (Å²) in [4.78, 5) is 45.5. The Morgan fingerprint density at radius 1 is 1.07 bits per heavy atom. The number of thiazole rings is 1. The average Bonchev–Trinajstić information content (AvgIpc) is 3.46. The Labute approximate surface area is 235 Å². The minimum atomic E-state index is -1.16. The normalized spacial score (nSPS) is 16.1. The Morgan fingerprint density at radius 3 is 2.40 bits per heavy atom. The molecule has 0 aliphatic carbocycles. The van der Waals surface area contributed by atoms with E-state index in [-0.39, 0.29) is 27.9 Å². The van der Waals surface area contributed by atoms with Crippen LogP contribution in [0.1, 0.15) is 38.1 Å². The fourth-order valence-corrected chi connectivity index (χ4v) is 5.42. The summed E-state index contributed by atoms with van der Waals surface area (Å²) in [7, 11) is 4.46. The SMILES string of the molecule is C=CCOC(=O)c1sc(N2C(=O)C(=O)C(=C(O)c3ccc(OC)c(C)c3)C2c2cc(OC)ccc2OC)nc1C. The van der Waals surface area contributed by atoms with Crippen molar-refractivity contribution in [2.24, 2.45) is 0 Å². The van der Waals surface area contributed by atoms with Crippen LogP contribution < -0.4 is 19.1 Å². The molecular weight excluding hydrogens is 536 g/mol. The zero-order chi connectivity index (χ0) is 29.1. The quantitative estimate of drug-likeness (QED) is 0.129. The van der Waals surface area contributed by atoms with Crippen LogP contribution in [0.5, 0.6) is 17.2 Å². The molecule has 1 aliphatic heterocycles. The van der Waals surface area contributed by atoms with E-state index < -0.39 is 23.7 Å². The van der Waals surface area contributed by atoms with E-state index >= 15 is 0 Å². The number of nitrogens with zero attached hydrogens (tertiary/aromatic N) is 2. The van der Waals surface area contributed by atoms with Crippen LogP contribution in [0.2, 0.25) is 0 Å². The van der Waals surface area contributed by atoms with Gasteiger partial charge in [0.25, 0.3) is 5.78 Å². The van der Waals surface area contributed by atoms with Crippen LogP contribution in [-0.2, 0) is 14.3 Å². The molecule has 0 bridgehead atoms. The summed E-state index contributed by atoms with van der Waals surface area (Å²) in [6, 6.07) is 8.68. The Balaban J connectivity index is 1.97. The van der Waals surface area contributed by atoms with Crippen molar-refractivity contribution < 1.29 is 38.4 Å². The molecule has 0 saturated carbocycles. The molecule has 0 radical (unpaired) electrons. The molecule has 1 amide bonds. The Hall–Kier alpha value is -4.64. The molecule has 1 fully saturated rings. The van der Waals surface area contributed by atoms with Gasteiger partial charge in [0, 0.05) is 11.1 Å². The molecule has 0 spiro atoms. The smallest absolute Gasteiger partial charge is 0.350 e. The maximum Gasteiger partial charge on any atom is 0.350 e. The predicted molar refractivity (Wildman–Crippen MR) is 149 cm³/mol. The average molecular weight is 565 g/mol. The van der Waals surface area contributed by atoms with Crippen molar-refractivity contribution in [3.63, 3.8) is 0 Å². The van der Waals surface area contributed by atoms with Crippen LogP contribution in [0.25, 0.3) is 5.76 Å². The number of anilines is 1. The maximum atomic E-state index is 13.6. The van der Waals surface area contributed by atoms with Gasteiger partial charge in [-0.2, -0.15) is 0 Å². The first-order chi connectivity index (χ1) is 19.2. The number of carbonyl (C=O) groups excluding carboxylic acids is 3. The molecule has 3 aromatic rings. The minimum absolute atomic E-state index is 0.00168. The third kappa shape index (κ3) is 5.03. The molecule has 1 aromatic heterocycles. The minimum Gasteiger partial charge on any atom is -0.507 e. The number of ether oxygens (including phenoxy) is 4. The lowest BCUT2D eigenvalue weighted by molar-refractivity contribution is -0.132. The van der Waals surface area contributed by atoms with Gasteiger partial charge in [-0.25, -0.2) is 9.78 Å². The lowest BCUT2D eigenvalue weighted by atomic mass is 9.94. The first-order valence-electron chi connectivity index (χ1n) is 12.1. The fourth-order valence-electron chi connectivity index (χ4n) is 4.43. The summed E-state index contributed by atoms with van der Waals surface area (Å²) in [6.07, 6.45) is 1.43. The number of hydrogen-bond acceptors (Lipinski definition) is 10. The van der Waals surface area contributed by atoms with E-state index in [9.17, 15) is 19.5 Å². The van der Waals surface area contributed by atoms with Gasteiger partial charge >= 0.3 is 11.9 Å². The summed E-state index contributed by atoms with van der Waals surface area (Å²) in [5.74, 6) is -1.51. The highest BCUT2D eigenvalue weighted by Gasteiger charge is 2.49. The summed E-state index contributed by atoms with van der Waals surface area (Å²) in [5, 5.41) is 11.6.